The van der Waals surface area contributed by atoms with Crippen LogP contribution < -0.4 is 10.6 Å². The number of benzene rings is 1. The Morgan fingerprint density at radius 1 is 1.35 bits per heavy atom. The zero-order valence-electron chi connectivity index (χ0n) is 9.34. The topological polar surface area (TPSA) is 61.4 Å². The molecule has 0 fully saturated rings. The minimum absolute atomic E-state index is 0.0389. The van der Waals surface area contributed by atoms with Crippen LogP contribution in [-0.2, 0) is 0 Å². The van der Waals surface area contributed by atoms with E-state index in [1.54, 1.807) is 6.92 Å². The Hall–Kier alpha value is -1.69. The Kier molecular flexibility index (Phi) is 4.84. The van der Waals surface area contributed by atoms with Crippen LogP contribution in [0.3, 0.4) is 0 Å². The van der Waals surface area contributed by atoms with E-state index in [4.69, 9.17) is 5.11 Å². The lowest BCUT2D eigenvalue weighted by Gasteiger charge is -2.08. The fourth-order valence-electron chi connectivity index (χ4n) is 1.20. The zero-order chi connectivity index (χ0) is 12.8. The molecule has 94 valence electrons. The summed E-state index contributed by atoms with van der Waals surface area (Å²) >= 11 is 0. The molecular formula is C11H14F2N2O2. The molecule has 1 rings (SSSR count). The van der Waals surface area contributed by atoms with Gasteiger partial charge in [0.15, 0.2) is 0 Å². The molecule has 1 aromatic carbocycles. The molecular weight excluding hydrogens is 230 g/mol. The Morgan fingerprint density at radius 3 is 2.47 bits per heavy atom. The van der Waals surface area contributed by atoms with Crippen molar-refractivity contribution in [3.8, 4) is 0 Å². The summed E-state index contributed by atoms with van der Waals surface area (Å²) in [7, 11) is 0. The van der Waals surface area contributed by atoms with Crippen LogP contribution in [0.5, 0.6) is 0 Å². The molecule has 0 radical (unpaired) electrons. The highest BCUT2D eigenvalue weighted by atomic mass is 19.1. The van der Waals surface area contributed by atoms with Gasteiger partial charge in [0.1, 0.15) is 11.6 Å². The molecule has 0 spiro atoms. The van der Waals surface area contributed by atoms with Crippen LogP contribution in [-0.4, -0.2) is 23.8 Å². The molecule has 0 heterocycles. The summed E-state index contributed by atoms with van der Waals surface area (Å²) in [6, 6.07) is 2.17. The first-order chi connectivity index (χ1) is 7.97. The number of aliphatic hydroxyl groups is 1. The largest absolute Gasteiger partial charge is 0.393 e. The number of aliphatic hydroxyl groups excluding tert-OH is 1. The van der Waals surface area contributed by atoms with E-state index < -0.39 is 23.8 Å². The third-order valence-electron chi connectivity index (χ3n) is 1.97. The van der Waals surface area contributed by atoms with Crippen LogP contribution in [0.2, 0.25) is 0 Å². The van der Waals surface area contributed by atoms with E-state index in [0.29, 0.717) is 6.42 Å². The Bertz CT molecular complexity index is 377. The second kappa shape index (κ2) is 6.15. The van der Waals surface area contributed by atoms with Gasteiger partial charge in [0.05, 0.1) is 6.10 Å². The van der Waals surface area contributed by atoms with Crippen LogP contribution >= 0.6 is 0 Å². The second-order valence-corrected chi connectivity index (χ2v) is 3.68. The number of nitrogens with one attached hydrogen (secondary N) is 2. The van der Waals surface area contributed by atoms with Crippen molar-refractivity contribution in [2.45, 2.75) is 19.4 Å². The van der Waals surface area contributed by atoms with E-state index >= 15 is 0 Å². The van der Waals surface area contributed by atoms with Crippen molar-refractivity contribution >= 4 is 11.7 Å². The molecule has 0 aromatic heterocycles. The molecule has 0 saturated heterocycles. The van der Waals surface area contributed by atoms with Gasteiger partial charge in [-0.1, -0.05) is 0 Å². The van der Waals surface area contributed by atoms with Crippen molar-refractivity contribution in [3.05, 3.63) is 29.8 Å². The lowest BCUT2D eigenvalue weighted by molar-refractivity contribution is 0.184. The minimum atomic E-state index is -0.760. The maximum Gasteiger partial charge on any atom is 0.319 e. The first-order valence-electron chi connectivity index (χ1n) is 5.16. The fraction of sp³-hybridized carbons (Fsp3) is 0.364. The predicted molar refractivity (Wildman–Crippen MR) is 59.7 cm³/mol. The van der Waals surface area contributed by atoms with Gasteiger partial charge in [-0.3, -0.25) is 0 Å². The van der Waals surface area contributed by atoms with Gasteiger partial charge >= 0.3 is 6.03 Å². The summed E-state index contributed by atoms with van der Waals surface area (Å²) in [6.45, 7) is 1.88. The van der Waals surface area contributed by atoms with E-state index in [9.17, 15) is 13.6 Å². The minimum Gasteiger partial charge on any atom is -0.393 e. The average molecular weight is 244 g/mol. The molecule has 3 N–H and O–H groups in total. The van der Waals surface area contributed by atoms with Crippen LogP contribution in [0.4, 0.5) is 19.3 Å². The average Bonchev–Trinajstić information content (AvgIpc) is 2.14. The molecule has 1 aromatic rings. The van der Waals surface area contributed by atoms with Gasteiger partial charge in [0.2, 0.25) is 0 Å². The SMILES string of the molecule is CC(O)CCNC(=O)Nc1cc(F)cc(F)c1. The van der Waals surface area contributed by atoms with Crippen molar-refractivity contribution in [3.63, 3.8) is 0 Å². The Balaban J connectivity index is 2.45. The number of amides is 2. The smallest absolute Gasteiger partial charge is 0.319 e. The van der Waals surface area contributed by atoms with Gasteiger partial charge in [0.25, 0.3) is 0 Å². The highest BCUT2D eigenvalue weighted by molar-refractivity contribution is 5.89. The van der Waals surface area contributed by atoms with E-state index in [1.807, 2.05) is 0 Å². The van der Waals surface area contributed by atoms with Gasteiger partial charge in [-0.15, -0.1) is 0 Å². The first kappa shape index (κ1) is 13.4. The van der Waals surface area contributed by atoms with Crippen molar-refractivity contribution < 1.29 is 18.7 Å². The van der Waals surface area contributed by atoms with E-state index in [0.717, 1.165) is 18.2 Å². The number of urea groups is 1. The summed E-state index contributed by atoms with van der Waals surface area (Å²) in [5, 5.41) is 13.7. The maximum absolute atomic E-state index is 12.8. The monoisotopic (exact) mass is 244 g/mol. The predicted octanol–water partition coefficient (Wildman–Crippen LogP) is 1.86. The number of hydrogen-bond donors (Lipinski definition) is 3. The summed E-state index contributed by atoms with van der Waals surface area (Å²) in [5.41, 5.74) is 0.0389. The van der Waals surface area contributed by atoms with Gasteiger partial charge in [-0.25, -0.2) is 13.6 Å². The highest BCUT2D eigenvalue weighted by Crippen LogP contribution is 2.12. The van der Waals surface area contributed by atoms with Crippen LogP contribution in [0.1, 0.15) is 13.3 Å². The maximum atomic E-state index is 12.8. The Labute approximate surface area is 97.6 Å². The normalized spacial score (nSPS) is 12.0. The van der Waals surface area contributed by atoms with Crippen molar-refractivity contribution in [2.24, 2.45) is 0 Å². The number of rotatable bonds is 4. The van der Waals surface area contributed by atoms with Crippen molar-refractivity contribution in [2.75, 3.05) is 11.9 Å². The van der Waals surface area contributed by atoms with E-state index in [-0.39, 0.29) is 12.2 Å². The number of carbonyl (C=O) groups excluding carboxylic acids is 1. The lowest BCUT2D eigenvalue weighted by atomic mass is 10.3. The van der Waals surface area contributed by atoms with Gasteiger partial charge in [-0.2, -0.15) is 0 Å². The summed E-state index contributed by atoms with van der Waals surface area (Å²) < 4.78 is 25.6. The number of anilines is 1. The molecule has 0 aliphatic carbocycles. The lowest BCUT2D eigenvalue weighted by Crippen LogP contribution is -2.30. The summed E-state index contributed by atoms with van der Waals surface area (Å²) in [4.78, 5) is 11.3. The molecule has 17 heavy (non-hydrogen) atoms. The molecule has 0 aliphatic rings. The third-order valence-corrected chi connectivity index (χ3v) is 1.97. The number of halogens is 2. The molecule has 0 bridgehead atoms. The molecule has 6 heteroatoms. The van der Waals surface area contributed by atoms with Gasteiger partial charge < -0.3 is 15.7 Å². The first-order valence-corrected chi connectivity index (χ1v) is 5.16. The number of hydrogen-bond acceptors (Lipinski definition) is 2. The molecule has 4 nitrogen and oxygen atoms in total. The summed E-state index contributed by atoms with van der Waals surface area (Å²) in [5.74, 6) is -1.52. The highest BCUT2D eigenvalue weighted by Gasteiger charge is 2.05. The number of carbonyl (C=O) groups is 1. The third kappa shape index (κ3) is 5.26. The van der Waals surface area contributed by atoms with Crippen LogP contribution in [0, 0.1) is 11.6 Å². The van der Waals surface area contributed by atoms with Crippen LogP contribution in [0.25, 0.3) is 0 Å². The fourth-order valence-corrected chi connectivity index (χ4v) is 1.20. The molecule has 0 aliphatic heterocycles. The molecule has 1 atom stereocenters. The zero-order valence-corrected chi connectivity index (χ0v) is 9.34. The quantitative estimate of drug-likeness (QED) is 0.757. The Morgan fingerprint density at radius 2 is 1.94 bits per heavy atom. The van der Waals surface area contributed by atoms with Crippen molar-refractivity contribution in [1.29, 1.82) is 0 Å². The van der Waals surface area contributed by atoms with Crippen LogP contribution in [0.15, 0.2) is 18.2 Å². The standard InChI is InChI=1S/C11H14F2N2O2/c1-7(16)2-3-14-11(17)15-10-5-8(12)4-9(13)6-10/h4-7,16H,2-3H2,1H3,(H2,14,15,17). The van der Waals surface area contributed by atoms with E-state index in [1.165, 1.54) is 0 Å². The van der Waals surface area contributed by atoms with Gasteiger partial charge in [0, 0.05) is 18.3 Å². The van der Waals surface area contributed by atoms with Gasteiger partial charge in [-0.05, 0) is 25.5 Å². The molecule has 0 saturated carbocycles. The second-order valence-electron chi connectivity index (χ2n) is 3.68. The van der Waals surface area contributed by atoms with Crippen molar-refractivity contribution in [1.82, 2.24) is 5.32 Å². The summed E-state index contributed by atoms with van der Waals surface area (Å²) in [6.07, 6.45) is -0.104. The molecule has 1 unspecified atom stereocenters. The molecule has 2 amide bonds. The van der Waals surface area contributed by atoms with E-state index in [2.05, 4.69) is 10.6 Å².